The van der Waals surface area contributed by atoms with Crippen molar-refractivity contribution in [1.29, 1.82) is 0 Å². The molecular weight excluding hydrogens is 703 g/mol. The van der Waals surface area contributed by atoms with Crippen LogP contribution in [0.2, 0.25) is 6.32 Å². The number of benzene rings is 6. The van der Waals surface area contributed by atoms with Crippen molar-refractivity contribution in [3.05, 3.63) is 161 Å². The molecule has 0 saturated heterocycles. The molecule has 0 aliphatic carbocycles. The van der Waals surface area contributed by atoms with Crippen molar-refractivity contribution in [2.24, 2.45) is 17.2 Å². The van der Waals surface area contributed by atoms with Gasteiger partial charge in [-0.05, 0) is 130 Å². The lowest BCUT2D eigenvalue weighted by molar-refractivity contribution is 0.275. The highest BCUT2D eigenvalue weighted by Gasteiger charge is 2.38. The fraction of sp³-hybridized carbons (Fsp3) is 0.163. The number of hydrogen-bond acceptors (Lipinski definition) is 10. The zero-order valence-corrected chi connectivity index (χ0v) is 30.9. The van der Waals surface area contributed by atoms with E-state index in [4.69, 9.17) is 45.3 Å². The summed E-state index contributed by atoms with van der Waals surface area (Å²) in [5.41, 5.74) is 26.5. The van der Waals surface area contributed by atoms with Gasteiger partial charge in [0, 0.05) is 19.6 Å². The SMILES string of the molecule is NCc1ccc(Oc2ccc3c(c2)B(O)OC3)cc1.NCc1ccc(Oc2ccc3c(c2)B(OB2OCc4ccc(Oc5ccc(CN)cc5)cc42)CC3)cc1. The maximum absolute atomic E-state index is 9.65. The van der Waals surface area contributed by atoms with Crippen LogP contribution < -0.4 is 47.8 Å². The molecule has 0 unspecified atom stereocenters. The Hall–Kier alpha value is -5.37. The molecule has 0 atom stereocenters. The van der Waals surface area contributed by atoms with Crippen LogP contribution in [0.25, 0.3) is 0 Å². The summed E-state index contributed by atoms with van der Waals surface area (Å²) < 4.78 is 35.7. The fourth-order valence-corrected chi connectivity index (χ4v) is 7.00. The highest BCUT2D eigenvalue weighted by Crippen LogP contribution is 2.28. The molecule has 9 rings (SSSR count). The predicted molar refractivity (Wildman–Crippen MR) is 220 cm³/mol. The summed E-state index contributed by atoms with van der Waals surface area (Å²) >= 11 is 0. The molecule has 0 saturated carbocycles. The highest BCUT2D eigenvalue weighted by molar-refractivity contribution is 6.79. The molecular formula is C43H42B3N3O7. The van der Waals surface area contributed by atoms with Crippen molar-refractivity contribution in [3.63, 3.8) is 0 Å². The summed E-state index contributed by atoms with van der Waals surface area (Å²) in [6.07, 6.45) is 1.87. The van der Waals surface area contributed by atoms with Gasteiger partial charge in [-0.1, -0.05) is 60.2 Å². The molecule has 10 nitrogen and oxygen atoms in total. The van der Waals surface area contributed by atoms with Gasteiger partial charge < -0.3 is 50.3 Å². The van der Waals surface area contributed by atoms with Crippen LogP contribution in [0.1, 0.15) is 33.4 Å². The van der Waals surface area contributed by atoms with Gasteiger partial charge in [-0.3, -0.25) is 0 Å². The molecule has 0 fully saturated rings. The van der Waals surface area contributed by atoms with Crippen molar-refractivity contribution in [3.8, 4) is 34.5 Å². The van der Waals surface area contributed by atoms with Crippen LogP contribution in [0, 0.1) is 0 Å². The number of hydrogen-bond donors (Lipinski definition) is 4. The minimum Gasteiger partial charge on any atom is -0.467 e. The monoisotopic (exact) mass is 745 g/mol. The molecule has 280 valence electrons. The van der Waals surface area contributed by atoms with Crippen molar-refractivity contribution >= 4 is 37.5 Å². The summed E-state index contributed by atoms with van der Waals surface area (Å²) in [7, 11) is -1.29. The van der Waals surface area contributed by atoms with Crippen LogP contribution in [-0.2, 0) is 53.1 Å². The highest BCUT2D eigenvalue weighted by atomic mass is 16.6. The topological polar surface area (TPSA) is 154 Å². The summed E-state index contributed by atoms with van der Waals surface area (Å²) in [6.45, 7) is 2.44. The summed E-state index contributed by atoms with van der Waals surface area (Å²) in [6, 6.07) is 41.1. The van der Waals surface area contributed by atoms with Crippen molar-refractivity contribution in [2.45, 2.75) is 45.6 Å². The van der Waals surface area contributed by atoms with Crippen LogP contribution in [0.4, 0.5) is 0 Å². The van der Waals surface area contributed by atoms with Gasteiger partial charge >= 0.3 is 21.2 Å². The third-order valence-electron chi connectivity index (χ3n) is 10.2. The third kappa shape index (κ3) is 8.70. The van der Waals surface area contributed by atoms with Gasteiger partial charge in [-0.2, -0.15) is 0 Å². The van der Waals surface area contributed by atoms with Crippen LogP contribution >= 0.6 is 0 Å². The van der Waals surface area contributed by atoms with E-state index in [0.717, 1.165) is 85.7 Å². The molecule has 0 bridgehead atoms. The second kappa shape index (κ2) is 17.2. The van der Waals surface area contributed by atoms with Gasteiger partial charge in [0.25, 0.3) is 0 Å². The molecule has 0 amide bonds. The first-order valence-electron chi connectivity index (χ1n) is 18.8. The molecule has 3 aliphatic heterocycles. The van der Waals surface area contributed by atoms with E-state index in [9.17, 15) is 5.02 Å². The average Bonchev–Trinajstić information content (AvgIpc) is 3.95. The molecule has 0 radical (unpaired) electrons. The lowest BCUT2D eigenvalue weighted by atomic mass is 9.59. The molecule has 3 aliphatic rings. The molecule has 13 heteroatoms. The zero-order valence-electron chi connectivity index (χ0n) is 30.9. The Labute approximate surface area is 327 Å². The van der Waals surface area contributed by atoms with Crippen molar-refractivity contribution < 1.29 is 33.1 Å². The predicted octanol–water partition coefficient (Wildman–Crippen LogP) is 5.04. The summed E-state index contributed by atoms with van der Waals surface area (Å²) in [5, 5.41) is 9.65. The Kier molecular flexibility index (Phi) is 11.5. The minimum atomic E-state index is -0.849. The average molecular weight is 745 g/mol. The first-order chi connectivity index (χ1) is 27.4. The van der Waals surface area contributed by atoms with Gasteiger partial charge in [0.05, 0.1) is 13.2 Å². The molecule has 7 N–H and O–H groups in total. The molecule has 0 spiro atoms. The Morgan fingerprint density at radius 1 is 0.482 bits per heavy atom. The van der Waals surface area contributed by atoms with Gasteiger partial charge in [0.15, 0.2) is 0 Å². The number of ether oxygens (including phenoxy) is 3. The number of rotatable bonds is 11. The Morgan fingerprint density at radius 2 is 0.893 bits per heavy atom. The van der Waals surface area contributed by atoms with Crippen LogP contribution in [0.15, 0.2) is 127 Å². The van der Waals surface area contributed by atoms with Crippen LogP contribution in [0.5, 0.6) is 34.5 Å². The fourth-order valence-electron chi connectivity index (χ4n) is 7.00. The Balaban J connectivity index is 0.000000194. The van der Waals surface area contributed by atoms with E-state index in [1.165, 1.54) is 5.56 Å². The van der Waals surface area contributed by atoms with Gasteiger partial charge in [0.2, 0.25) is 0 Å². The van der Waals surface area contributed by atoms with E-state index in [0.29, 0.717) is 38.6 Å². The minimum absolute atomic E-state index is 0.0671. The Bertz CT molecular complexity index is 2170. The maximum Gasteiger partial charge on any atom is 0.491 e. The third-order valence-corrected chi connectivity index (χ3v) is 10.2. The smallest absolute Gasteiger partial charge is 0.467 e. The van der Waals surface area contributed by atoms with E-state index in [-0.39, 0.29) is 6.92 Å². The van der Waals surface area contributed by atoms with Crippen LogP contribution in [0.3, 0.4) is 0 Å². The Morgan fingerprint density at radius 3 is 1.39 bits per heavy atom. The standard InChI is InChI=1S/C29H28B2N2O4.C14H14BNO3/c32-17-20-1-7-24(8-2-20)35-26-11-5-22-13-14-30(28(22)15-26)37-31-29-16-27(12-6-23(29)19-34-31)36-25-9-3-21(18-33)4-10-25;16-8-10-1-4-12(5-2-10)19-13-6-3-11-9-18-15(17)14(11)7-13/h1-12,15-16H,13-14,17-19,32-33H2;1-7,17H,8-9,16H2. The normalized spacial score (nSPS) is 13.8. The molecule has 56 heavy (non-hydrogen) atoms. The lowest BCUT2D eigenvalue weighted by Gasteiger charge is -2.16. The van der Waals surface area contributed by atoms with Crippen molar-refractivity contribution in [1.82, 2.24) is 0 Å². The molecule has 6 aromatic carbocycles. The maximum atomic E-state index is 9.65. The number of aryl methyl sites for hydroxylation is 1. The summed E-state index contributed by atoms with van der Waals surface area (Å²) in [4.78, 5) is 0. The second-order valence-electron chi connectivity index (χ2n) is 13.9. The van der Waals surface area contributed by atoms with Gasteiger partial charge in [-0.15, -0.1) is 0 Å². The van der Waals surface area contributed by atoms with Gasteiger partial charge in [-0.25, -0.2) is 0 Å². The van der Waals surface area contributed by atoms with Crippen molar-refractivity contribution in [2.75, 3.05) is 0 Å². The first kappa shape index (κ1) is 37.6. The lowest BCUT2D eigenvalue weighted by Crippen LogP contribution is -2.42. The molecule has 3 heterocycles. The summed E-state index contributed by atoms with van der Waals surface area (Å²) in [5.74, 6) is 4.52. The number of fused-ring (bicyclic) bond motifs is 3. The van der Waals surface area contributed by atoms with Gasteiger partial charge in [0.1, 0.15) is 34.5 Å². The van der Waals surface area contributed by atoms with E-state index in [2.05, 4.69) is 12.1 Å². The number of nitrogens with two attached hydrogens (primary N) is 3. The van der Waals surface area contributed by atoms with E-state index < -0.39 is 14.2 Å². The van der Waals surface area contributed by atoms with E-state index >= 15 is 0 Å². The zero-order chi connectivity index (χ0) is 38.4. The first-order valence-corrected chi connectivity index (χ1v) is 18.8. The van der Waals surface area contributed by atoms with Crippen LogP contribution in [-0.4, -0.2) is 26.2 Å². The molecule has 0 aromatic heterocycles. The van der Waals surface area contributed by atoms with E-state index in [1.807, 2.05) is 115 Å². The second-order valence-corrected chi connectivity index (χ2v) is 13.9. The largest absolute Gasteiger partial charge is 0.491 e. The van der Waals surface area contributed by atoms with E-state index in [1.54, 1.807) is 0 Å². The molecule has 6 aromatic rings. The quantitative estimate of drug-likeness (QED) is 0.133.